The fourth-order valence-electron chi connectivity index (χ4n) is 1.23. The van der Waals surface area contributed by atoms with Gasteiger partial charge in [-0.3, -0.25) is 0 Å². The van der Waals surface area contributed by atoms with Gasteiger partial charge in [0, 0.05) is 0 Å². The summed E-state index contributed by atoms with van der Waals surface area (Å²) >= 11 is 0. The third-order valence-corrected chi connectivity index (χ3v) is 1.87. The Morgan fingerprint density at radius 1 is 1.57 bits per heavy atom. The minimum absolute atomic E-state index is 0.397. The Hall–Kier alpha value is -2.33. The predicted molar refractivity (Wildman–Crippen MR) is 52.6 cm³/mol. The van der Waals surface area contributed by atoms with Gasteiger partial charge in [-0.05, 0) is 12.1 Å². The average Bonchev–Trinajstić information content (AvgIpc) is 2.61. The first-order valence-electron chi connectivity index (χ1n) is 3.99. The Labute approximate surface area is 81.0 Å². The Kier molecular flexibility index (Phi) is 1.89. The summed E-state index contributed by atoms with van der Waals surface area (Å²) in [7, 11) is 0. The van der Waals surface area contributed by atoms with Crippen LogP contribution in [0.25, 0.3) is 15.9 Å². The van der Waals surface area contributed by atoms with E-state index in [4.69, 9.17) is 13.0 Å². The van der Waals surface area contributed by atoms with Crippen LogP contribution in [0.2, 0.25) is 0 Å². The Morgan fingerprint density at radius 2 is 2.43 bits per heavy atom. The number of aromatic nitrogens is 3. The third kappa shape index (κ3) is 1.19. The molecular formula is C10H6N4. The van der Waals surface area contributed by atoms with Crippen LogP contribution in [0.5, 0.6) is 0 Å². The normalized spacial score (nSPS) is 9.57. The Bertz CT molecular complexity index is 553. The highest BCUT2D eigenvalue weighted by Crippen LogP contribution is 2.18. The minimum Gasteiger partial charge on any atom is -0.238 e. The van der Waals surface area contributed by atoms with Crippen molar-refractivity contribution in [2.75, 3.05) is 0 Å². The number of rotatable bonds is 1. The zero-order chi connectivity index (χ0) is 9.97. The van der Waals surface area contributed by atoms with E-state index in [9.17, 15) is 0 Å². The Balaban J connectivity index is 2.62. The van der Waals surface area contributed by atoms with E-state index in [1.165, 1.54) is 0 Å². The second-order valence-corrected chi connectivity index (χ2v) is 2.74. The molecule has 1 aromatic heterocycles. The molecule has 0 unspecified atom stereocenters. The summed E-state index contributed by atoms with van der Waals surface area (Å²) < 4.78 is 1.63. The van der Waals surface area contributed by atoms with Crippen LogP contribution in [-0.2, 0) is 6.54 Å². The number of fused-ring (bicyclic) bond motifs is 1. The molecule has 4 heteroatoms. The molecule has 1 aromatic carbocycles. The van der Waals surface area contributed by atoms with Gasteiger partial charge in [0.15, 0.2) is 5.69 Å². The first-order chi connectivity index (χ1) is 6.85. The van der Waals surface area contributed by atoms with Gasteiger partial charge in [-0.15, -0.1) is 11.5 Å². The minimum atomic E-state index is 0.397. The molecule has 14 heavy (non-hydrogen) atoms. The number of nitrogens with zero attached hydrogens (tertiary/aromatic N) is 4. The molecule has 0 atom stereocenters. The van der Waals surface area contributed by atoms with Gasteiger partial charge in [0.2, 0.25) is 0 Å². The van der Waals surface area contributed by atoms with E-state index in [-0.39, 0.29) is 0 Å². The molecule has 0 aliphatic rings. The van der Waals surface area contributed by atoms with Gasteiger partial charge in [0.1, 0.15) is 12.1 Å². The zero-order valence-corrected chi connectivity index (χ0v) is 7.31. The van der Waals surface area contributed by atoms with E-state index < -0.39 is 0 Å². The van der Waals surface area contributed by atoms with Gasteiger partial charge in [0.25, 0.3) is 0 Å². The van der Waals surface area contributed by atoms with Crippen molar-refractivity contribution < 1.29 is 0 Å². The van der Waals surface area contributed by atoms with Crippen molar-refractivity contribution in [3.63, 3.8) is 0 Å². The molecule has 0 bridgehead atoms. The van der Waals surface area contributed by atoms with Crippen LogP contribution in [0.15, 0.2) is 18.2 Å². The van der Waals surface area contributed by atoms with Crippen LogP contribution in [0.4, 0.5) is 5.69 Å². The smallest absolute Gasteiger partial charge is 0.189 e. The standard InChI is InChI=1S/C10H6N4/c1-3-6-14-10-5-4-8(11-2)7-9(10)12-13-14/h1,4-5,7H,6H2. The van der Waals surface area contributed by atoms with Crippen molar-refractivity contribution in [2.45, 2.75) is 6.54 Å². The van der Waals surface area contributed by atoms with Crippen LogP contribution >= 0.6 is 0 Å². The summed E-state index contributed by atoms with van der Waals surface area (Å²) in [5, 5.41) is 7.80. The SMILES string of the molecule is [C-]#[N+]c1ccc2c(c1)nnn2CC#C. The predicted octanol–water partition coefficient (Wildman–Crippen LogP) is 1.62. The van der Waals surface area contributed by atoms with E-state index in [1.54, 1.807) is 22.9 Å². The van der Waals surface area contributed by atoms with Crippen molar-refractivity contribution in [1.29, 1.82) is 0 Å². The summed E-state index contributed by atoms with van der Waals surface area (Å²) in [4.78, 5) is 3.31. The van der Waals surface area contributed by atoms with E-state index in [2.05, 4.69) is 21.1 Å². The van der Waals surface area contributed by atoms with Gasteiger partial charge in [-0.2, -0.15) is 0 Å². The van der Waals surface area contributed by atoms with Gasteiger partial charge >= 0.3 is 0 Å². The molecule has 0 aliphatic heterocycles. The van der Waals surface area contributed by atoms with Crippen LogP contribution in [-0.4, -0.2) is 15.0 Å². The molecule has 0 spiro atoms. The molecule has 2 aromatic rings. The zero-order valence-electron chi connectivity index (χ0n) is 7.31. The topological polar surface area (TPSA) is 35.1 Å². The van der Waals surface area contributed by atoms with Gasteiger partial charge < -0.3 is 0 Å². The lowest BCUT2D eigenvalue weighted by Gasteiger charge is -1.94. The summed E-state index contributed by atoms with van der Waals surface area (Å²) in [6.45, 7) is 7.24. The maximum atomic E-state index is 6.84. The first-order valence-corrected chi connectivity index (χ1v) is 3.99. The monoisotopic (exact) mass is 182 g/mol. The highest BCUT2D eigenvalue weighted by Gasteiger charge is 2.03. The second-order valence-electron chi connectivity index (χ2n) is 2.74. The van der Waals surface area contributed by atoms with E-state index in [0.29, 0.717) is 17.7 Å². The lowest BCUT2D eigenvalue weighted by atomic mass is 10.3. The number of hydrogen-bond donors (Lipinski definition) is 0. The maximum Gasteiger partial charge on any atom is 0.189 e. The van der Waals surface area contributed by atoms with Crippen molar-refractivity contribution >= 4 is 16.7 Å². The average molecular weight is 182 g/mol. The summed E-state index contributed by atoms with van der Waals surface area (Å²) in [5.41, 5.74) is 2.12. The molecule has 0 amide bonds. The van der Waals surface area contributed by atoms with E-state index >= 15 is 0 Å². The van der Waals surface area contributed by atoms with Crippen molar-refractivity contribution in [3.05, 3.63) is 29.6 Å². The lowest BCUT2D eigenvalue weighted by Crippen LogP contribution is -1.96. The molecule has 4 nitrogen and oxygen atoms in total. The number of terminal acetylenes is 1. The molecule has 0 aliphatic carbocycles. The van der Waals surface area contributed by atoms with Crippen LogP contribution in [0.3, 0.4) is 0 Å². The molecule has 0 fully saturated rings. The Morgan fingerprint density at radius 3 is 3.14 bits per heavy atom. The van der Waals surface area contributed by atoms with E-state index in [1.807, 2.05) is 0 Å². The molecule has 0 N–H and O–H groups in total. The molecular weight excluding hydrogens is 176 g/mol. The molecule has 0 saturated carbocycles. The number of hydrogen-bond acceptors (Lipinski definition) is 2. The van der Waals surface area contributed by atoms with Gasteiger partial charge in [-0.1, -0.05) is 17.2 Å². The maximum absolute atomic E-state index is 6.84. The highest BCUT2D eigenvalue weighted by atomic mass is 15.4. The second kappa shape index (κ2) is 3.20. The molecule has 66 valence electrons. The molecule has 2 rings (SSSR count). The quantitative estimate of drug-likeness (QED) is 0.496. The molecule has 0 radical (unpaired) electrons. The lowest BCUT2D eigenvalue weighted by molar-refractivity contribution is 0.694. The van der Waals surface area contributed by atoms with Crippen molar-refractivity contribution in [2.24, 2.45) is 0 Å². The van der Waals surface area contributed by atoms with Gasteiger partial charge in [0.05, 0.1) is 12.1 Å². The summed E-state index contributed by atoms with van der Waals surface area (Å²) in [6.07, 6.45) is 5.18. The van der Waals surface area contributed by atoms with Gasteiger partial charge in [-0.25, -0.2) is 9.53 Å². The van der Waals surface area contributed by atoms with Crippen LogP contribution in [0.1, 0.15) is 0 Å². The van der Waals surface area contributed by atoms with Crippen molar-refractivity contribution in [1.82, 2.24) is 15.0 Å². The van der Waals surface area contributed by atoms with Crippen LogP contribution in [0, 0.1) is 18.9 Å². The van der Waals surface area contributed by atoms with Crippen LogP contribution < -0.4 is 0 Å². The fourth-order valence-corrected chi connectivity index (χ4v) is 1.23. The summed E-state index contributed by atoms with van der Waals surface area (Å²) in [5.74, 6) is 2.49. The largest absolute Gasteiger partial charge is 0.238 e. The van der Waals surface area contributed by atoms with Crippen molar-refractivity contribution in [3.8, 4) is 12.3 Å². The molecule has 1 heterocycles. The highest BCUT2D eigenvalue weighted by molar-refractivity contribution is 5.78. The summed E-state index contributed by atoms with van der Waals surface area (Å²) in [6, 6.07) is 5.23. The number of benzene rings is 1. The molecule has 0 saturated heterocycles. The first kappa shape index (κ1) is 8.28. The third-order valence-electron chi connectivity index (χ3n) is 1.87. The fraction of sp³-hybridized carbons (Fsp3) is 0.100. The van der Waals surface area contributed by atoms with E-state index in [0.717, 1.165) is 5.52 Å².